The zero-order valence-corrected chi connectivity index (χ0v) is 12.1. The fourth-order valence-corrected chi connectivity index (χ4v) is 2.76. The number of benzene rings is 1. The molecule has 0 fully saturated rings. The van der Waals surface area contributed by atoms with E-state index in [0.717, 1.165) is 16.6 Å². The average Bonchev–Trinajstić information content (AvgIpc) is 3.02. The van der Waals surface area contributed by atoms with E-state index in [0.29, 0.717) is 11.3 Å². The van der Waals surface area contributed by atoms with Gasteiger partial charge in [-0.1, -0.05) is 12.1 Å². The number of rotatable bonds is 2. The fraction of sp³-hybridized carbons (Fsp3) is 0.188. The maximum absolute atomic E-state index is 12.3. The monoisotopic (exact) mass is 319 g/mol. The molecule has 0 atom stereocenters. The van der Waals surface area contributed by atoms with Crippen molar-refractivity contribution in [3.63, 3.8) is 0 Å². The summed E-state index contributed by atoms with van der Waals surface area (Å²) in [5.74, 6) is 0.937. The lowest BCUT2D eigenvalue weighted by molar-refractivity contribution is -0.153. The molecule has 7 heteroatoms. The van der Waals surface area contributed by atoms with Gasteiger partial charge in [-0.2, -0.15) is 13.2 Å². The molecule has 4 nitrogen and oxygen atoms in total. The number of aromatic nitrogens is 3. The van der Waals surface area contributed by atoms with Gasteiger partial charge in [0.05, 0.1) is 16.6 Å². The van der Waals surface area contributed by atoms with Crippen LogP contribution in [-0.2, 0) is 0 Å². The first-order valence-corrected chi connectivity index (χ1v) is 7.01. The van der Waals surface area contributed by atoms with Gasteiger partial charge >= 0.3 is 6.18 Å². The SMILES string of the molecule is Cc1c(OCC(F)(F)F)ccn2c1cn1c3ccccc3nc21. The van der Waals surface area contributed by atoms with Crippen molar-refractivity contribution in [3.05, 3.63) is 48.3 Å². The maximum Gasteiger partial charge on any atom is 0.422 e. The molecule has 0 saturated carbocycles. The third-order valence-electron chi connectivity index (χ3n) is 3.82. The molecule has 4 rings (SSSR count). The third kappa shape index (κ3) is 2.19. The summed E-state index contributed by atoms with van der Waals surface area (Å²) >= 11 is 0. The molecular weight excluding hydrogens is 307 g/mol. The number of aryl methyl sites for hydroxylation is 1. The topological polar surface area (TPSA) is 30.9 Å². The highest BCUT2D eigenvalue weighted by molar-refractivity contribution is 5.82. The molecule has 118 valence electrons. The van der Waals surface area contributed by atoms with Crippen molar-refractivity contribution in [2.75, 3.05) is 6.61 Å². The molecule has 1 aromatic carbocycles. The van der Waals surface area contributed by atoms with Crippen molar-refractivity contribution < 1.29 is 17.9 Å². The second-order valence-electron chi connectivity index (χ2n) is 5.36. The molecule has 0 aliphatic heterocycles. The van der Waals surface area contributed by atoms with E-state index in [2.05, 4.69) is 4.98 Å². The van der Waals surface area contributed by atoms with Crippen LogP contribution in [0.15, 0.2) is 42.7 Å². The Morgan fingerprint density at radius 1 is 1.09 bits per heavy atom. The van der Waals surface area contributed by atoms with Crippen molar-refractivity contribution in [2.24, 2.45) is 0 Å². The number of ether oxygens (including phenoxy) is 1. The Balaban J connectivity index is 1.88. The van der Waals surface area contributed by atoms with Crippen LogP contribution in [0.2, 0.25) is 0 Å². The number of nitrogens with zero attached hydrogens (tertiary/aromatic N) is 3. The van der Waals surface area contributed by atoms with Crippen LogP contribution < -0.4 is 4.74 Å². The highest BCUT2D eigenvalue weighted by Gasteiger charge is 2.28. The lowest BCUT2D eigenvalue weighted by Gasteiger charge is -2.12. The van der Waals surface area contributed by atoms with Crippen molar-refractivity contribution in [2.45, 2.75) is 13.1 Å². The van der Waals surface area contributed by atoms with E-state index in [4.69, 9.17) is 4.74 Å². The van der Waals surface area contributed by atoms with Crippen molar-refractivity contribution in [1.29, 1.82) is 0 Å². The minimum atomic E-state index is -4.36. The van der Waals surface area contributed by atoms with Crippen molar-refractivity contribution in [1.82, 2.24) is 13.8 Å². The Labute approximate surface area is 128 Å². The zero-order valence-electron chi connectivity index (χ0n) is 12.1. The molecule has 0 amide bonds. The lowest BCUT2D eigenvalue weighted by Crippen LogP contribution is -2.19. The van der Waals surface area contributed by atoms with Crippen LogP contribution >= 0.6 is 0 Å². The van der Waals surface area contributed by atoms with E-state index in [-0.39, 0.29) is 5.75 Å². The van der Waals surface area contributed by atoms with Gasteiger partial charge in [-0.05, 0) is 25.1 Å². The van der Waals surface area contributed by atoms with Gasteiger partial charge in [0.2, 0.25) is 5.78 Å². The predicted molar refractivity (Wildman–Crippen MR) is 79.9 cm³/mol. The predicted octanol–water partition coefficient (Wildman–Crippen LogP) is 3.99. The summed E-state index contributed by atoms with van der Waals surface area (Å²) < 4.78 is 45.7. The molecule has 3 aromatic heterocycles. The van der Waals surface area contributed by atoms with Gasteiger partial charge < -0.3 is 4.74 Å². The second-order valence-corrected chi connectivity index (χ2v) is 5.36. The Bertz CT molecular complexity index is 1030. The normalized spacial score (nSPS) is 12.5. The highest BCUT2D eigenvalue weighted by Crippen LogP contribution is 2.28. The molecule has 0 aliphatic rings. The molecule has 0 radical (unpaired) electrons. The molecule has 4 aromatic rings. The molecule has 0 spiro atoms. The molecule has 0 bridgehead atoms. The fourth-order valence-electron chi connectivity index (χ4n) is 2.76. The molecule has 0 N–H and O–H groups in total. The van der Waals surface area contributed by atoms with Crippen LogP contribution in [0.3, 0.4) is 0 Å². The van der Waals surface area contributed by atoms with Gasteiger partial charge in [-0.3, -0.25) is 8.80 Å². The Morgan fingerprint density at radius 2 is 1.87 bits per heavy atom. The summed E-state index contributed by atoms with van der Waals surface area (Å²) in [5, 5.41) is 0. The van der Waals surface area contributed by atoms with Crippen molar-refractivity contribution >= 4 is 22.3 Å². The van der Waals surface area contributed by atoms with Crippen LogP contribution in [0.5, 0.6) is 5.75 Å². The molecule has 0 unspecified atom stereocenters. The summed E-state index contributed by atoms with van der Waals surface area (Å²) in [6.45, 7) is 0.438. The van der Waals surface area contributed by atoms with Crippen molar-refractivity contribution in [3.8, 4) is 5.75 Å². The third-order valence-corrected chi connectivity index (χ3v) is 3.82. The van der Waals surface area contributed by atoms with Gasteiger partial charge in [0.1, 0.15) is 5.75 Å². The number of para-hydroxylation sites is 2. The zero-order chi connectivity index (χ0) is 16.2. The van der Waals surface area contributed by atoms with Crippen LogP contribution in [0, 0.1) is 6.92 Å². The molecule has 3 heterocycles. The number of fused-ring (bicyclic) bond motifs is 5. The summed E-state index contributed by atoms with van der Waals surface area (Å²) in [6.07, 6.45) is -0.818. The highest BCUT2D eigenvalue weighted by atomic mass is 19.4. The molecule has 23 heavy (non-hydrogen) atoms. The number of pyridine rings is 1. The maximum atomic E-state index is 12.3. The van der Waals surface area contributed by atoms with Crippen LogP contribution in [0.25, 0.3) is 22.3 Å². The Morgan fingerprint density at radius 3 is 2.65 bits per heavy atom. The van der Waals surface area contributed by atoms with Crippen LogP contribution in [-0.4, -0.2) is 26.6 Å². The molecule has 0 saturated heterocycles. The largest absolute Gasteiger partial charge is 0.484 e. The molecular formula is C16H12F3N3O. The first kappa shape index (κ1) is 13.9. The summed E-state index contributed by atoms with van der Waals surface area (Å²) in [4.78, 5) is 4.56. The van der Waals surface area contributed by atoms with E-state index in [9.17, 15) is 13.2 Å². The van der Waals surface area contributed by atoms with E-state index in [1.165, 1.54) is 6.07 Å². The first-order chi connectivity index (χ1) is 10.9. The number of hydrogen-bond acceptors (Lipinski definition) is 2. The van der Waals surface area contributed by atoms with E-state index >= 15 is 0 Å². The van der Waals surface area contributed by atoms with E-state index < -0.39 is 12.8 Å². The van der Waals surface area contributed by atoms with Gasteiger partial charge in [-0.25, -0.2) is 4.98 Å². The summed E-state index contributed by atoms with van der Waals surface area (Å²) in [5.41, 5.74) is 3.22. The van der Waals surface area contributed by atoms with Crippen LogP contribution in [0.4, 0.5) is 13.2 Å². The molecule has 0 aliphatic carbocycles. The summed E-state index contributed by atoms with van der Waals surface area (Å²) in [7, 11) is 0. The smallest absolute Gasteiger partial charge is 0.422 e. The number of imidazole rings is 2. The number of alkyl halides is 3. The van der Waals surface area contributed by atoms with Gasteiger partial charge in [0, 0.05) is 18.0 Å². The second kappa shape index (κ2) is 4.65. The van der Waals surface area contributed by atoms with Gasteiger partial charge in [0.15, 0.2) is 6.61 Å². The standard InChI is InChI=1S/C16H12F3N3O/c1-10-13-8-22-12-5-3-2-4-11(12)20-15(22)21(13)7-6-14(10)23-9-16(17,18)19/h2-8H,9H2,1H3. The number of hydrogen-bond donors (Lipinski definition) is 0. The van der Waals surface area contributed by atoms with E-state index in [1.54, 1.807) is 13.1 Å². The minimum Gasteiger partial charge on any atom is -0.484 e. The number of halogens is 3. The first-order valence-electron chi connectivity index (χ1n) is 7.01. The quantitative estimate of drug-likeness (QED) is 0.559. The van der Waals surface area contributed by atoms with Crippen LogP contribution in [0.1, 0.15) is 5.56 Å². The van der Waals surface area contributed by atoms with Gasteiger partial charge in [0.25, 0.3) is 0 Å². The summed E-state index contributed by atoms with van der Waals surface area (Å²) in [6, 6.07) is 9.24. The Hall–Kier alpha value is -2.70. The minimum absolute atomic E-state index is 0.222. The lowest BCUT2D eigenvalue weighted by atomic mass is 10.2. The Kier molecular flexibility index (Phi) is 2.81. The van der Waals surface area contributed by atoms with Gasteiger partial charge in [-0.15, -0.1) is 0 Å². The average molecular weight is 319 g/mol. The van der Waals surface area contributed by atoms with E-state index in [1.807, 2.05) is 39.3 Å².